The molecule has 0 radical (unpaired) electrons. The molecule has 5 nitrogen and oxygen atoms in total. The van der Waals surface area contributed by atoms with Crippen molar-refractivity contribution < 1.29 is 4.74 Å². The minimum absolute atomic E-state index is 0.131. The summed E-state index contributed by atoms with van der Waals surface area (Å²) >= 11 is 5.91. The molecule has 2 aromatic rings. The Morgan fingerprint density at radius 2 is 2.10 bits per heavy atom. The predicted octanol–water partition coefficient (Wildman–Crippen LogP) is 2.54. The zero-order valence-corrected chi connectivity index (χ0v) is 13.4. The maximum Gasteiger partial charge on any atom is 0.158 e. The first-order valence-corrected chi connectivity index (χ1v) is 7.65. The SMILES string of the molecule is CCCc1nn(C)c2c1nc(CCCl)n2CC(C)OC. The van der Waals surface area contributed by atoms with E-state index >= 15 is 0 Å². The van der Waals surface area contributed by atoms with Crippen LogP contribution in [0.4, 0.5) is 0 Å². The van der Waals surface area contributed by atoms with E-state index in [4.69, 9.17) is 21.3 Å². The molecule has 20 heavy (non-hydrogen) atoms. The summed E-state index contributed by atoms with van der Waals surface area (Å²) in [6.45, 7) is 4.98. The van der Waals surface area contributed by atoms with E-state index in [9.17, 15) is 0 Å². The lowest BCUT2D eigenvalue weighted by molar-refractivity contribution is 0.103. The molecule has 0 aromatic carbocycles. The third-order valence-corrected chi connectivity index (χ3v) is 3.71. The summed E-state index contributed by atoms with van der Waals surface area (Å²) in [4.78, 5) is 4.77. The second kappa shape index (κ2) is 6.59. The molecule has 1 atom stereocenters. The average Bonchev–Trinajstić information content (AvgIpc) is 2.91. The second-order valence-corrected chi connectivity index (χ2v) is 5.49. The Balaban J connectivity index is 2.52. The van der Waals surface area contributed by atoms with E-state index in [2.05, 4.69) is 23.5 Å². The molecule has 2 rings (SSSR count). The number of rotatable bonds is 7. The van der Waals surface area contributed by atoms with Crippen LogP contribution in [0, 0.1) is 0 Å². The molecule has 0 saturated heterocycles. The first-order valence-electron chi connectivity index (χ1n) is 7.12. The van der Waals surface area contributed by atoms with Gasteiger partial charge < -0.3 is 9.30 Å². The number of alkyl halides is 1. The fraction of sp³-hybridized carbons (Fsp3) is 0.714. The van der Waals surface area contributed by atoms with Gasteiger partial charge in [-0.05, 0) is 13.3 Å². The van der Waals surface area contributed by atoms with Gasteiger partial charge in [0, 0.05) is 26.5 Å². The summed E-state index contributed by atoms with van der Waals surface area (Å²) in [5.74, 6) is 1.59. The van der Waals surface area contributed by atoms with Crippen molar-refractivity contribution in [2.24, 2.45) is 7.05 Å². The quantitative estimate of drug-likeness (QED) is 0.738. The topological polar surface area (TPSA) is 44.9 Å². The summed E-state index contributed by atoms with van der Waals surface area (Å²) < 4.78 is 9.50. The molecule has 0 aliphatic carbocycles. The van der Waals surface area contributed by atoms with E-state index in [1.54, 1.807) is 7.11 Å². The molecular weight excluding hydrogens is 276 g/mol. The van der Waals surface area contributed by atoms with Crippen LogP contribution in [0.3, 0.4) is 0 Å². The molecule has 2 heterocycles. The Labute approximate surface area is 124 Å². The second-order valence-electron chi connectivity index (χ2n) is 5.12. The Morgan fingerprint density at radius 1 is 1.35 bits per heavy atom. The third kappa shape index (κ3) is 2.83. The van der Waals surface area contributed by atoms with Crippen molar-refractivity contribution in [2.75, 3.05) is 13.0 Å². The van der Waals surface area contributed by atoms with Crippen LogP contribution in [0.25, 0.3) is 11.2 Å². The molecule has 1 unspecified atom stereocenters. The van der Waals surface area contributed by atoms with Crippen LogP contribution in [0.1, 0.15) is 31.8 Å². The van der Waals surface area contributed by atoms with Crippen molar-refractivity contribution in [3.8, 4) is 0 Å². The highest BCUT2D eigenvalue weighted by Crippen LogP contribution is 2.22. The normalized spacial score (nSPS) is 13.2. The van der Waals surface area contributed by atoms with Crippen LogP contribution in [-0.4, -0.2) is 38.4 Å². The van der Waals surface area contributed by atoms with Gasteiger partial charge in [-0.25, -0.2) is 4.98 Å². The molecule has 2 aromatic heterocycles. The van der Waals surface area contributed by atoms with Gasteiger partial charge in [-0.15, -0.1) is 11.6 Å². The van der Waals surface area contributed by atoms with Crippen LogP contribution in [0.5, 0.6) is 0 Å². The number of imidazole rings is 1. The summed E-state index contributed by atoms with van der Waals surface area (Å²) in [7, 11) is 3.70. The summed E-state index contributed by atoms with van der Waals surface area (Å²) in [6.07, 6.45) is 2.91. The molecule has 0 N–H and O–H groups in total. The zero-order chi connectivity index (χ0) is 14.7. The van der Waals surface area contributed by atoms with Crippen LogP contribution in [-0.2, 0) is 31.2 Å². The fourth-order valence-electron chi connectivity index (χ4n) is 2.49. The van der Waals surface area contributed by atoms with Crippen molar-refractivity contribution in [1.29, 1.82) is 0 Å². The highest BCUT2D eigenvalue weighted by atomic mass is 35.5. The number of halogens is 1. The van der Waals surface area contributed by atoms with E-state index in [-0.39, 0.29) is 6.10 Å². The van der Waals surface area contributed by atoms with Gasteiger partial charge in [-0.3, -0.25) is 4.68 Å². The number of fused-ring (bicyclic) bond motifs is 1. The lowest BCUT2D eigenvalue weighted by Crippen LogP contribution is -2.18. The van der Waals surface area contributed by atoms with E-state index in [0.29, 0.717) is 5.88 Å². The number of aromatic nitrogens is 4. The van der Waals surface area contributed by atoms with Gasteiger partial charge in [-0.1, -0.05) is 13.3 Å². The first-order chi connectivity index (χ1) is 9.62. The monoisotopic (exact) mass is 298 g/mol. The number of hydrogen-bond acceptors (Lipinski definition) is 3. The molecule has 112 valence electrons. The molecular formula is C14H23ClN4O. The van der Waals surface area contributed by atoms with E-state index in [1.165, 1.54) is 0 Å². The van der Waals surface area contributed by atoms with Crippen LogP contribution in [0.2, 0.25) is 0 Å². The van der Waals surface area contributed by atoms with Gasteiger partial charge in [0.1, 0.15) is 11.3 Å². The standard InChI is InChI=1S/C14H23ClN4O/c1-5-6-11-13-14(18(3)17-11)19(9-10(2)20-4)12(16-13)7-8-15/h10H,5-9H2,1-4H3. The molecule has 0 amide bonds. The largest absolute Gasteiger partial charge is 0.380 e. The third-order valence-electron chi connectivity index (χ3n) is 3.52. The molecule has 0 spiro atoms. The van der Waals surface area contributed by atoms with Crippen molar-refractivity contribution in [3.63, 3.8) is 0 Å². The van der Waals surface area contributed by atoms with Gasteiger partial charge in [0.2, 0.25) is 0 Å². The summed E-state index contributed by atoms with van der Waals surface area (Å²) in [5, 5.41) is 4.59. The van der Waals surface area contributed by atoms with Crippen molar-refractivity contribution >= 4 is 22.8 Å². The zero-order valence-electron chi connectivity index (χ0n) is 12.7. The van der Waals surface area contributed by atoms with Gasteiger partial charge in [-0.2, -0.15) is 5.10 Å². The van der Waals surface area contributed by atoms with Crippen molar-refractivity contribution in [2.45, 2.75) is 45.8 Å². The van der Waals surface area contributed by atoms with Crippen LogP contribution < -0.4 is 0 Å². The average molecular weight is 299 g/mol. The first kappa shape index (κ1) is 15.3. The lowest BCUT2D eigenvalue weighted by Gasteiger charge is -2.13. The predicted molar refractivity (Wildman–Crippen MR) is 81.4 cm³/mol. The van der Waals surface area contributed by atoms with Gasteiger partial charge in [0.05, 0.1) is 18.3 Å². The van der Waals surface area contributed by atoms with Gasteiger partial charge >= 0.3 is 0 Å². The molecule has 0 bridgehead atoms. The maximum atomic E-state index is 5.91. The van der Waals surface area contributed by atoms with Gasteiger partial charge in [0.15, 0.2) is 5.65 Å². The van der Waals surface area contributed by atoms with E-state index in [0.717, 1.165) is 48.5 Å². The Hall–Kier alpha value is -1.07. The Bertz CT molecular complexity index is 575. The maximum absolute atomic E-state index is 5.91. The van der Waals surface area contributed by atoms with E-state index in [1.807, 2.05) is 11.7 Å². The molecule has 0 aliphatic heterocycles. The minimum Gasteiger partial charge on any atom is -0.380 e. The summed E-state index contributed by atoms with van der Waals surface area (Å²) in [6, 6.07) is 0. The fourth-order valence-corrected chi connectivity index (χ4v) is 2.66. The number of ether oxygens (including phenoxy) is 1. The van der Waals surface area contributed by atoms with Crippen molar-refractivity contribution in [1.82, 2.24) is 19.3 Å². The number of aryl methyl sites for hydroxylation is 3. The number of nitrogens with zero attached hydrogens (tertiary/aromatic N) is 4. The van der Waals surface area contributed by atoms with Gasteiger partial charge in [0.25, 0.3) is 0 Å². The van der Waals surface area contributed by atoms with Crippen molar-refractivity contribution in [3.05, 3.63) is 11.5 Å². The summed E-state index contributed by atoms with van der Waals surface area (Å²) in [5.41, 5.74) is 3.15. The molecule has 0 saturated carbocycles. The van der Waals surface area contributed by atoms with E-state index < -0.39 is 0 Å². The molecule has 0 aliphatic rings. The Morgan fingerprint density at radius 3 is 2.70 bits per heavy atom. The lowest BCUT2D eigenvalue weighted by atomic mass is 10.2. The Kier molecular flexibility index (Phi) is 5.05. The minimum atomic E-state index is 0.131. The smallest absolute Gasteiger partial charge is 0.158 e. The molecule has 0 fully saturated rings. The highest BCUT2D eigenvalue weighted by molar-refractivity contribution is 6.17. The number of hydrogen-bond donors (Lipinski definition) is 0. The highest BCUT2D eigenvalue weighted by Gasteiger charge is 2.19. The van der Waals surface area contributed by atoms with Crippen LogP contribution in [0.15, 0.2) is 0 Å². The number of methoxy groups -OCH3 is 1. The molecule has 6 heteroatoms. The van der Waals surface area contributed by atoms with Crippen LogP contribution >= 0.6 is 11.6 Å².